The second-order valence-electron chi connectivity index (χ2n) is 16.6. The normalized spacial score (nSPS) is 16.7. The van der Waals surface area contributed by atoms with Crippen LogP contribution in [0.1, 0.15) is 39.2 Å². The van der Waals surface area contributed by atoms with Crippen LogP contribution in [0.3, 0.4) is 0 Å². The molecule has 70 heavy (non-hydrogen) atoms. The van der Waals surface area contributed by atoms with E-state index in [1.54, 1.807) is 43.4 Å². The van der Waals surface area contributed by atoms with Gasteiger partial charge in [0.1, 0.15) is 24.8 Å². The van der Waals surface area contributed by atoms with Gasteiger partial charge in [0.25, 0.3) is 21.8 Å². The van der Waals surface area contributed by atoms with E-state index in [4.69, 9.17) is 9.47 Å². The summed E-state index contributed by atoms with van der Waals surface area (Å²) in [7, 11) is -0.982. The standard InChI is InChI=1S/C27H23F3N4O5S.C21H18F3N3O3/c1-16-4-8-21(9-5-16)40(37,38)33-11-10-18-6-7-20(14-22(18)33)32(3)25(35)23-15-39-26(36)34(23)24-13-19(27(28,29)30)12-17(2)31-24;1-12-8-15(21(22,23)24)10-18(25-12)27-17(11-30-20(27)29)19(28)26(2)16-7-6-13-4-3-5-14(13)9-16/h4-14,23H,15H2,1-3H3;3-4,6-10,17H,5,11H2,1-2H3/t23-;17-/m00/s1. The lowest BCUT2D eigenvalue weighted by Crippen LogP contribution is -2.47. The van der Waals surface area contributed by atoms with Crippen molar-refractivity contribution in [1.82, 2.24) is 13.9 Å². The van der Waals surface area contributed by atoms with Crippen LogP contribution in [-0.2, 0) is 47.9 Å². The molecule has 2 fully saturated rings. The van der Waals surface area contributed by atoms with Crippen LogP contribution < -0.4 is 19.6 Å². The molecule has 3 aliphatic rings. The van der Waals surface area contributed by atoms with E-state index in [2.05, 4.69) is 9.97 Å². The Labute approximate surface area is 396 Å². The summed E-state index contributed by atoms with van der Waals surface area (Å²) < 4.78 is 118. The fourth-order valence-electron chi connectivity index (χ4n) is 8.08. The highest BCUT2D eigenvalue weighted by molar-refractivity contribution is 7.90. The molecule has 2 saturated heterocycles. The van der Waals surface area contributed by atoms with Gasteiger partial charge in [-0.3, -0.25) is 9.59 Å². The van der Waals surface area contributed by atoms with Gasteiger partial charge in [0, 0.05) is 48.4 Å². The van der Waals surface area contributed by atoms with Crippen molar-refractivity contribution in [2.45, 2.75) is 56.5 Å². The summed E-state index contributed by atoms with van der Waals surface area (Å²) >= 11 is 0. The fourth-order valence-corrected chi connectivity index (χ4v) is 9.42. The van der Waals surface area contributed by atoms with Crippen molar-refractivity contribution in [3.8, 4) is 0 Å². The number of pyridine rings is 2. The number of rotatable bonds is 8. The molecule has 3 aromatic heterocycles. The average molecular weight is 990 g/mol. The zero-order valence-corrected chi connectivity index (χ0v) is 38.6. The van der Waals surface area contributed by atoms with Crippen molar-refractivity contribution < 1.29 is 63.4 Å². The summed E-state index contributed by atoms with van der Waals surface area (Å²) in [6, 6.07) is 19.0. The molecule has 3 aromatic carbocycles. The van der Waals surface area contributed by atoms with Gasteiger partial charge >= 0.3 is 24.5 Å². The van der Waals surface area contributed by atoms with Crippen molar-refractivity contribution in [2.24, 2.45) is 0 Å². The monoisotopic (exact) mass is 989 g/mol. The Morgan fingerprint density at radius 2 is 1.17 bits per heavy atom. The first-order chi connectivity index (χ1) is 32.9. The van der Waals surface area contributed by atoms with Gasteiger partial charge in [-0.25, -0.2) is 41.7 Å². The highest BCUT2D eigenvalue weighted by Gasteiger charge is 2.45. The number of alkyl halides is 6. The Kier molecular flexibility index (Phi) is 12.7. The molecule has 0 spiro atoms. The minimum Gasteiger partial charge on any atom is -0.446 e. The molecular weight excluding hydrogens is 949 g/mol. The first-order valence-corrected chi connectivity index (χ1v) is 22.7. The van der Waals surface area contributed by atoms with E-state index in [0.29, 0.717) is 28.3 Å². The minimum absolute atomic E-state index is 0.00470. The molecule has 15 nitrogen and oxygen atoms in total. The van der Waals surface area contributed by atoms with Gasteiger partial charge in [-0.05, 0) is 105 Å². The third-order valence-corrected chi connectivity index (χ3v) is 13.5. The molecular formula is C48H41F6N7O8S. The van der Waals surface area contributed by atoms with Gasteiger partial charge in [0.05, 0.1) is 21.5 Å². The maximum atomic E-state index is 13.5. The molecule has 2 atom stereocenters. The lowest BCUT2D eigenvalue weighted by Gasteiger charge is -2.26. The van der Waals surface area contributed by atoms with E-state index < -0.39 is 76.2 Å². The van der Waals surface area contributed by atoms with Crippen LogP contribution in [0, 0.1) is 20.8 Å². The Morgan fingerprint density at radius 3 is 1.69 bits per heavy atom. The fraction of sp³-hybridized carbons (Fsp3) is 0.250. The number of benzene rings is 3. The molecule has 4 amide bonds. The molecule has 5 heterocycles. The molecule has 0 saturated carbocycles. The SMILES string of the molecule is Cc1cc(C(F)(F)F)cc(N2C(=O)OC[C@H]2C(=O)N(C)c2ccc3c(c2)CC=C3)n1.Cc1ccc(S(=O)(=O)n2ccc3ccc(N(C)C(=O)[C@@H]4COC(=O)N4c4cc(C(F)(F)F)cc(C)n4)cc32)cc1. The maximum absolute atomic E-state index is 13.5. The molecule has 9 rings (SSSR count). The van der Waals surface area contributed by atoms with E-state index in [0.717, 1.165) is 55.1 Å². The van der Waals surface area contributed by atoms with Crippen LogP contribution in [0.5, 0.6) is 0 Å². The molecule has 2 aliphatic heterocycles. The molecule has 0 radical (unpaired) electrons. The Bertz CT molecular complexity index is 3230. The number of allylic oxidation sites excluding steroid dienone is 1. The number of aromatic nitrogens is 3. The van der Waals surface area contributed by atoms with E-state index in [9.17, 15) is 53.9 Å². The molecule has 0 bridgehead atoms. The predicted molar refractivity (Wildman–Crippen MR) is 245 cm³/mol. The first-order valence-electron chi connectivity index (χ1n) is 21.2. The average Bonchev–Trinajstić information content (AvgIpc) is 4.13. The highest BCUT2D eigenvalue weighted by atomic mass is 32.2. The summed E-state index contributed by atoms with van der Waals surface area (Å²) in [5.41, 5.74) is 2.38. The second kappa shape index (κ2) is 18.3. The van der Waals surface area contributed by atoms with Crippen LogP contribution in [0.25, 0.3) is 17.0 Å². The molecule has 0 unspecified atom stereocenters. The Balaban J connectivity index is 0.000000196. The summed E-state index contributed by atoms with van der Waals surface area (Å²) in [6.45, 7) is 3.90. The lowest BCUT2D eigenvalue weighted by molar-refractivity contribution is -0.138. The topological polar surface area (TPSA) is 165 Å². The lowest BCUT2D eigenvalue weighted by atomic mass is 10.1. The number of aryl methyl sites for hydroxylation is 3. The zero-order valence-electron chi connectivity index (χ0n) is 37.7. The van der Waals surface area contributed by atoms with E-state index in [1.165, 1.54) is 55.1 Å². The van der Waals surface area contributed by atoms with Gasteiger partial charge in [0.2, 0.25) is 0 Å². The van der Waals surface area contributed by atoms with E-state index in [1.807, 2.05) is 31.2 Å². The largest absolute Gasteiger partial charge is 0.446 e. The van der Waals surface area contributed by atoms with Crippen LogP contribution in [-0.4, -0.2) is 85.8 Å². The van der Waals surface area contributed by atoms with Crippen molar-refractivity contribution in [3.05, 3.63) is 142 Å². The Hall–Kier alpha value is -7.75. The van der Waals surface area contributed by atoms with Crippen LogP contribution in [0.2, 0.25) is 0 Å². The highest BCUT2D eigenvalue weighted by Crippen LogP contribution is 2.36. The Morgan fingerprint density at radius 1 is 0.671 bits per heavy atom. The zero-order chi connectivity index (χ0) is 50.6. The van der Waals surface area contributed by atoms with Crippen molar-refractivity contribution >= 4 is 74.0 Å². The number of fused-ring (bicyclic) bond motifs is 2. The van der Waals surface area contributed by atoms with Gasteiger partial charge in [-0.2, -0.15) is 26.3 Å². The molecule has 6 aromatic rings. The van der Waals surface area contributed by atoms with Crippen molar-refractivity contribution in [2.75, 3.05) is 46.9 Å². The number of halogens is 6. The second-order valence-corrected chi connectivity index (χ2v) is 18.4. The number of likely N-dealkylation sites (N-methyl/N-ethyl adjacent to an activating group) is 2. The number of anilines is 4. The maximum Gasteiger partial charge on any atom is 0.416 e. The third kappa shape index (κ3) is 9.50. The first kappa shape index (κ1) is 48.7. The third-order valence-electron chi connectivity index (χ3n) is 11.8. The number of hydrogen-bond donors (Lipinski definition) is 0. The quantitative estimate of drug-likeness (QED) is 0.135. The summed E-state index contributed by atoms with van der Waals surface area (Å²) in [5.74, 6) is -1.78. The van der Waals surface area contributed by atoms with Crippen LogP contribution >= 0.6 is 0 Å². The van der Waals surface area contributed by atoms with Crippen molar-refractivity contribution in [3.63, 3.8) is 0 Å². The summed E-state index contributed by atoms with van der Waals surface area (Å²) in [6.07, 6.45) is -5.03. The van der Waals surface area contributed by atoms with Gasteiger partial charge in [0.15, 0.2) is 12.1 Å². The van der Waals surface area contributed by atoms with Crippen LogP contribution in [0.4, 0.5) is 58.9 Å². The van der Waals surface area contributed by atoms with Crippen LogP contribution in [0.15, 0.2) is 108 Å². The molecule has 0 N–H and O–H groups in total. The van der Waals surface area contributed by atoms with Gasteiger partial charge in [-0.1, -0.05) is 42.0 Å². The number of nitrogens with zero attached hydrogens (tertiary/aromatic N) is 7. The number of ether oxygens (including phenoxy) is 2. The molecule has 1 aliphatic carbocycles. The smallest absolute Gasteiger partial charge is 0.416 e. The summed E-state index contributed by atoms with van der Waals surface area (Å²) in [5, 5.41) is 0.602. The van der Waals surface area contributed by atoms with E-state index >= 15 is 0 Å². The van der Waals surface area contributed by atoms with Crippen molar-refractivity contribution in [1.29, 1.82) is 0 Å². The van der Waals surface area contributed by atoms with E-state index in [-0.39, 0.29) is 34.5 Å². The number of hydrogen-bond acceptors (Lipinski definition) is 10. The number of carbonyl (C=O) groups excluding carboxylic acids is 4. The molecule has 364 valence electrons. The summed E-state index contributed by atoms with van der Waals surface area (Å²) in [4.78, 5) is 63.9. The number of carbonyl (C=O) groups is 4. The predicted octanol–water partition coefficient (Wildman–Crippen LogP) is 8.86. The number of amides is 4. The van der Waals surface area contributed by atoms with Gasteiger partial charge in [-0.15, -0.1) is 0 Å². The number of cyclic esters (lactones) is 2. The minimum atomic E-state index is -4.69. The molecule has 22 heteroatoms. The van der Waals surface area contributed by atoms with Gasteiger partial charge < -0.3 is 19.3 Å².